The number of anilines is 1. The van der Waals surface area contributed by atoms with E-state index in [1.807, 2.05) is 25.1 Å². The molecule has 0 aliphatic heterocycles. The fourth-order valence-electron chi connectivity index (χ4n) is 1.72. The molecule has 0 aliphatic carbocycles. The number of nitrogens with zero attached hydrogens (tertiary/aromatic N) is 1. The largest absolute Gasteiger partial charge is 0.345 e. The first-order valence-corrected chi connectivity index (χ1v) is 5.68. The highest BCUT2D eigenvalue weighted by Crippen LogP contribution is 2.16. The first-order chi connectivity index (χ1) is 8.24. The summed E-state index contributed by atoms with van der Waals surface area (Å²) in [6.07, 6.45) is 2.37. The van der Waals surface area contributed by atoms with Crippen molar-refractivity contribution in [2.45, 2.75) is 13.3 Å². The van der Waals surface area contributed by atoms with Crippen molar-refractivity contribution < 1.29 is 4.79 Å². The zero-order valence-electron chi connectivity index (χ0n) is 9.73. The summed E-state index contributed by atoms with van der Waals surface area (Å²) in [5.41, 5.74) is 8.09. The molecule has 1 heterocycles. The highest BCUT2D eigenvalue weighted by molar-refractivity contribution is 5.94. The quantitative estimate of drug-likeness (QED) is 0.746. The van der Waals surface area contributed by atoms with E-state index in [0.29, 0.717) is 6.54 Å². The van der Waals surface area contributed by atoms with Gasteiger partial charge >= 0.3 is 0 Å². The third kappa shape index (κ3) is 2.45. The molecule has 2 rings (SSSR count). The molecule has 5 nitrogen and oxygen atoms in total. The number of amides is 1. The minimum atomic E-state index is -0.132. The van der Waals surface area contributed by atoms with Crippen molar-refractivity contribution in [3.05, 3.63) is 24.5 Å². The van der Waals surface area contributed by atoms with Crippen LogP contribution in [0.2, 0.25) is 0 Å². The number of carbonyl (C=O) groups is 1. The number of aromatic nitrogens is 2. The number of hydrogen-bond donors (Lipinski definition) is 3. The SMILES string of the molecule is CCC(CN)C(=O)Nc1ccc2nc[nH]c2c1. The van der Waals surface area contributed by atoms with Crippen LogP contribution in [0.4, 0.5) is 5.69 Å². The van der Waals surface area contributed by atoms with Gasteiger partial charge in [0.2, 0.25) is 5.91 Å². The molecule has 0 bridgehead atoms. The average molecular weight is 232 g/mol. The Bertz CT molecular complexity index is 516. The fraction of sp³-hybridized carbons (Fsp3) is 0.333. The van der Waals surface area contributed by atoms with Crippen molar-refractivity contribution in [1.82, 2.24) is 9.97 Å². The minimum Gasteiger partial charge on any atom is -0.345 e. The topological polar surface area (TPSA) is 83.8 Å². The predicted octanol–water partition coefficient (Wildman–Crippen LogP) is 1.49. The molecule has 1 unspecified atom stereocenters. The lowest BCUT2D eigenvalue weighted by molar-refractivity contribution is -0.119. The van der Waals surface area contributed by atoms with Crippen molar-refractivity contribution >= 4 is 22.6 Å². The summed E-state index contributed by atoms with van der Waals surface area (Å²) in [7, 11) is 0. The molecular weight excluding hydrogens is 216 g/mol. The standard InChI is InChI=1S/C12H16N4O/c1-2-8(6-13)12(17)16-9-3-4-10-11(5-9)15-7-14-10/h3-5,7-8H,2,6,13H2,1H3,(H,14,15)(H,16,17). The Morgan fingerprint density at radius 3 is 3.12 bits per heavy atom. The molecule has 0 saturated heterocycles. The van der Waals surface area contributed by atoms with Gasteiger partial charge in [-0.2, -0.15) is 0 Å². The van der Waals surface area contributed by atoms with E-state index >= 15 is 0 Å². The van der Waals surface area contributed by atoms with Crippen molar-refractivity contribution in [2.24, 2.45) is 11.7 Å². The number of hydrogen-bond acceptors (Lipinski definition) is 3. The van der Waals surface area contributed by atoms with Crippen LogP contribution in [0.3, 0.4) is 0 Å². The van der Waals surface area contributed by atoms with Crippen LogP contribution in [0, 0.1) is 5.92 Å². The number of carbonyl (C=O) groups excluding carboxylic acids is 1. The highest BCUT2D eigenvalue weighted by atomic mass is 16.1. The van der Waals surface area contributed by atoms with Crippen LogP contribution >= 0.6 is 0 Å². The Kier molecular flexibility index (Phi) is 3.39. The molecule has 90 valence electrons. The summed E-state index contributed by atoms with van der Waals surface area (Å²) >= 11 is 0. The third-order valence-electron chi connectivity index (χ3n) is 2.84. The van der Waals surface area contributed by atoms with Crippen LogP contribution in [0.25, 0.3) is 11.0 Å². The summed E-state index contributed by atoms with van der Waals surface area (Å²) in [5, 5.41) is 2.86. The van der Waals surface area contributed by atoms with E-state index < -0.39 is 0 Å². The lowest BCUT2D eigenvalue weighted by Gasteiger charge is -2.12. The summed E-state index contributed by atoms with van der Waals surface area (Å²) in [6, 6.07) is 5.57. The first kappa shape index (κ1) is 11.6. The maximum Gasteiger partial charge on any atom is 0.228 e. The lowest BCUT2D eigenvalue weighted by Crippen LogP contribution is -2.28. The number of rotatable bonds is 4. The number of aromatic amines is 1. The number of imidazole rings is 1. The number of fused-ring (bicyclic) bond motifs is 1. The van der Waals surface area contributed by atoms with Crippen LogP contribution < -0.4 is 11.1 Å². The van der Waals surface area contributed by atoms with Crippen molar-refractivity contribution in [1.29, 1.82) is 0 Å². The van der Waals surface area contributed by atoms with Gasteiger partial charge in [0.25, 0.3) is 0 Å². The number of nitrogens with two attached hydrogens (primary N) is 1. The molecule has 1 amide bonds. The van der Waals surface area contributed by atoms with Gasteiger partial charge in [-0.1, -0.05) is 6.92 Å². The van der Waals surface area contributed by atoms with Gasteiger partial charge in [0.15, 0.2) is 0 Å². The Balaban J connectivity index is 2.14. The number of nitrogens with one attached hydrogen (secondary N) is 2. The minimum absolute atomic E-state index is 0.0335. The summed E-state index contributed by atoms with van der Waals surface area (Å²) < 4.78 is 0. The van der Waals surface area contributed by atoms with Gasteiger partial charge in [-0.05, 0) is 24.6 Å². The zero-order chi connectivity index (χ0) is 12.3. The second kappa shape index (κ2) is 4.97. The molecule has 0 spiro atoms. The van der Waals surface area contributed by atoms with Crippen molar-refractivity contribution in [3.8, 4) is 0 Å². The van der Waals surface area contributed by atoms with Gasteiger partial charge in [0.05, 0.1) is 23.3 Å². The second-order valence-electron chi connectivity index (χ2n) is 3.96. The van der Waals surface area contributed by atoms with Gasteiger partial charge in [0.1, 0.15) is 0 Å². The van der Waals surface area contributed by atoms with Crippen LogP contribution in [-0.2, 0) is 4.79 Å². The zero-order valence-corrected chi connectivity index (χ0v) is 9.73. The van der Waals surface area contributed by atoms with Gasteiger partial charge in [-0.15, -0.1) is 0 Å². The molecule has 1 aromatic heterocycles. The lowest BCUT2D eigenvalue weighted by atomic mass is 10.1. The molecule has 1 atom stereocenters. The molecule has 1 aromatic carbocycles. The first-order valence-electron chi connectivity index (χ1n) is 5.68. The van der Waals surface area contributed by atoms with Crippen LogP contribution in [-0.4, -0.2) is 22.4 Å². The fourth-order valence-corrected chi connectivity index (χ4v) is 1.72. The van der Waals surface area contributed by atoms with Gasteiger partial charge < -0.3 is 16.0 Å². The smallest absolute Gasteiger partial charge is 0.228 e. The maximum atomic E-state index is 11.8. The monoisotopic (exact) mass is 232 g/mol. The predicted molar refractivity (Wildman–Crippen MR) is 67.6 cm³/mol. The highest BCUT2D eigenvalue weighted by Gasteiger charge is 2.14. The Morgan fingerprint density at radius 1 is 1.59 bits per heavy atom. The van der Waals surface area contributed by atoms with E-state index in [0.717, 1.165) is 23.1 Å². The normalized spacial score (nSPS) is 12.6. The van der Waals surface area contributed by atoms with E-state index in [1.54, 1.807) is 6.33 Å². The average Bonchev–Trinajstić information content (AvgIpc) is 2.77. The van der Waals surface area contributed by atoms with Gasteiger partial charge in [0, 0.05) is 12.2 Å². The Hall–Kier alpha value is -1.88. The van der Waals surface area contributed by atoms with Crippen molar-refractivity contribution in [2.75, 3.05) is 11.9 Å². The van der Waals surface area contributed by atoms with Crippen LogP contribution in [0.5, 0.6) is 0 Å². The third-order valence-corrected chi connectivity index (χ3v) is 2.84. The molecule has 0 aliphatic rings. The second-order valence-corrected chi connectivity index (χ2v) is 3.96. The molecule has 0 radical (unpaired) electrons. The van der Waals surface area contributed by atoms with E-state index in [2.05, 4.69) is 15.3 Å². The number of H-pyrrole nitrogens is 1. The Morgan fingerprint density at radius 2 is 2.41 bits per heavy atom. The Labute approximate surface area is 99.4 Å². The maximum absolute atomic E-state index is 11.8. The number of benzene rings is 1. The summed E-state index contributed by atoms with van der Waals surface area (Å²) in [6.45, 7) is 2.32. The van der Waals surface area contributed by atoms with E-state index in [1.165, 1.54) is 0 Å². The molecule has 4 N–H and O–H groups in total. The van der Waals surface area contributed by atoms with Gasteiger partial charge in [-0.3, -0.25) is 4.79 Å². The molecule has 0 fully saturated rings. The van der Waals surface area contributed by atoms with Crippen LogP contribution in [0.15, 0.2) is 24.5 Å². The van der Waals surface area contributed by atoms with Crippen LogP contribution in [0.1, 0.15) is 13.3 Å². The summed E-state index contributed by atoms with van der Waals surface area (Å²) in [4.78, 5) is 19.0. The van der Waals surface area contributed by atoms with E-state index in [-0.39, 0.29) is 11.8 Å². The molecule has 17 heavy (non-hydrogen) atoms. The van der Waals surface area contributed by atoms with E-state index in [4.69, 9.17) is 5.73 Å². The molecule has 2 aromatic rings. The van der Waals surface area contributed by atoms with Gasteiger partial charge in [-0.25, -0.2) is 4.98 Å². The molecular formula is C12H16N4O. The molecule has 5 heteroatoms. The summed E-state index contributed by atoms with van der Waals surface area (Å²) in [5.74, 6) is -0.165. The van der Waals surface area contributed by atoms with E-state index in [9.17, 15) is 4.79 Å². The van der Waals surface area contributed by atoms with Crippen molar-refractivity contribution in [3.63, 3.8) is 0 Å². The molecule has 0 saturated carbocycles.